The molecule has 0 fully saturated rings. The Morgan fingerprint density at radius 3 is 2.13 bits per heavy atom. The van der Waals surface area contributed by atoms with Gasteiger partial charge in [-0.15, -0.1) is 0 Å². The Bertz CT molecular complexity index is 1100. The van der Waals surface area contributed by atoms with Crippen molar-refractivity contribution >= 4 is 23.1 Å². The van der Waals surface area contributed by atoms with Crippen molar-refractivity contribution in [3.8, 4) is 0 Å². The SMILES string of the molecule is O=C(c1cnc(Nc2ccc(F)cc2)cn1)N(Cc1ccccc1)c1ccccc1. The summed E-state index contributed by atoms with van der Waals surface area (Å²) in [6.45, 7) is 0.418. The second kappa shape index (κ2) is 8.96. The smallest absolute Gasteiger partial charge is 0.278 e. The summed E-state index contributed by atoms with van der Waals surface area (Å²) in [6.07, 6.45) is 2.93. The predicted octanol–water partition coefficient (Wildman–Crippen LogP) is 5.21. The fourth-order valence-corrected chi connectivity index (χ4v) is 2.98. The third-order valence-corrected chi connectivity index (χ3v) is 4.48. The van der Waals surface area contributed by atoms with Gasteiger partial charge in [0.25, 0.3) is 5.91 Å². The highest BCUT2D eigenvalue weighted by molar-refractivity contribution is 6.04. The number of hydrogen-bond donors (Lipinski definition) is 1. The van der Waals surface area contributed by atoms with Crippen LogP contribution in [0.3, 0.4) is 0 Å². The standard InChI is InChI=1S/C24H19FN4O/c25-19-11-13-20(14-12-19)28-23-16-26-22(15-27-23)24(30)29(21-9-5-2-6-10-21)17-18-7-3-1-4-8-18/h1-16H,17H2,(H,27,28). The Morgan fingerprint density at radius 2 is 1.50 bits per heavy atom. The molecule has 0 saturated heterocycles. The summed E-state index contributed by atoms with van der Waals surface area (Å²) in [4.78, 5) is 23.5. The molecule has 0 bridgehead atoms. The van der Waals surface area contributed by atoms with Crippen LogP contribution in [0, 0.1) is 5.82 Å². The fraction of sp³-hybridized carbons (Fsp3) is 0.0417. The van der Waals surface area contributed by atoms with E-state index in [9.17, 15) is 9.18 Å². The lowest BCUT2D eigenvalue weighted by Gasteiger charge is -2.22. The molecule has 0 radical (unpaired) electrons. The van der Waals surface area contributed by atoms with E-state index in [1.54, 1.807) is 17.0 Å². The van der Waals surface area contributed by atoms with E-state index in [0.29, 0.717) is 18.1 Å². The number of hydrogen-bond acceptors (Lipinski definition) is 4. The van der Waals surface area contributed by atoms with Gasteiger partial charge in [0, 0.05) is 11.4 Å². The molecule has 0 aliphatic carbocycles. The molecule has 1 amide bonds. The van der Waals surface area contributed by atoms with Gasteiger partial charge < -0.3 is 10.2 Å². The first-order valence-corrected chi connectivity index (χ1v) is 9.44. The van der Waals surface area contributed by atoms with Crippen molar-refractivity contribution in [1.29, 1.82) is 0 Å². The lowest BCUT2D eigenvalue weighted by atomic mass is 10.2. The first-order valence-electron chi connectivity index (χ1n) is 9.44. The molecule has 0 atom stereocenters. The number of nitrogens with zero attached hydrogens (tertiary/aromatic N) is 3. The minimum Gasteiger partial charge on any atom is -0.339 e. The van der Waals surface area contributed by atoms with Gasteiger partial charge in [-0.2, -0.15) is 0 Å². The Hall–Kier alpha value is -4.06. The van der Waals surface area contributed by atoms with E-state index < -0.39 is 0 Å². The number of carbonyl (C=O) groups is 1. The zero-order valence-electron chi connectivity index (χ0n) is 16.1. The Kier molecular flexibility index (Phi) is 5.75. The van der Waals surface area contributed by atoms with Crippen molar-refractivity contribution in [2.24, 2.45) is 0 Å². The Labute approximate surface area is 173 Å². The van der Waals surface area contributed by atoms with Gasteiger partial charge in [0.2, 0.25) is 0 Å². The van der Waals surface area contributed by atoms with E-state index >= 15 is 0 Å². The summed E-state index contributed by atoms with van der Waals surface area (Å²) in [6, 6.07) is 25.2. The van der Waals surface area contributed by atoms with Crippen LogP contribution in [0.15, 0.2) is 97.3 Å². The molecule has 0 aliphatic heterocycles. The summed E-state index contributed by atoms with van der Waals surface area (Å²) in [5.74, 6) is -0.0923. The molecule has 1 heterocycles. The van der Waals surface area contributed by atoms with E-state index in [1.807, 2.05) is 60.7 Å². The van der Waals surface area contributed by atoms with Crippen molar-refractivity contribution in [1.82, 2.24) is 9.97 Å². The van der Waals surface area contributed by atoms with Crippen LogP contribution in [0.4, 0.5) is 21.6 Å². The molecule has 0 spiro atoms. The van der Waals surface area contributed by atoms with Crippen LogP contribution in [0.25, 0.3) is 0 Å². The summed E-state index contributed by atoms with van der Waals surface area (Å²) in [5.41, 5.74) is 2.71. The molecule has 4 aromatic rings. The molecule has 148 valence electrons. The molecular weight excluding hydrogens is 379 g/mol. The van der Waals surface area contributed by atoms with Crippen molar-refractivity contribution < 1.29 is 9.18 Å². The van der Waals surface area contributed by atoms with Gasteiger partial charge in [-0.3, -0.25) is 4.79 Å². The summed E-state index contributed by atoms with van der Waals surface area (Å²) < 4.78 is 13.0. The number of benzene rings is 3. The average Bonchev–Trinajstić information content (AvgIpc) is 2.80. The Morgan fingerprint density at radius 1 is 0.833 bits per heavy atom. The number of para-hydroxylation sites is 1. The second-order valence-electron chi connectivity index (χ2n) is 6.63. The van der Waals surface area contributed by atoms with E-state index in [-0.39, 0.29) is 17.4 Å². The van der Waals surface area contributed by atoms with Crippen LogP contribution in [0.5, 0.6) is 0 Å². The lowest BCUT2D eigenvalue weighted by molar-refractivity contribution is 0.0980. The van der Waals surface area contributed by atoms with Gasteiger partial charge in [-0.1, -0.05) is 48.5 Å². The normalized spacial score (nSPS) is 10.4. The first-order chi connectivity index (χ1) is 14.7. The minimum atomic E-state index is -0.313. The van der Waals surface area contributed by atoms with Gasteiger partial charge in [0.05, 0.1) is 18.9 Å². The molecule has 1 aromatic heterocycles. The maximum atomic E-state index is 13.2. The van der Waals surface area contributed by atoms with Crippen LogP contribution in [0.1, 0.15) is 16.1 Å². The average molecular weight is 398 g/mol. The fourth-order valence-electron chi connectivity index (χ4n) is 2.98. The van der Waals surface area contributed by atoms with E-state index in [1.165, 1.54) is 24.5 Å². The summed E-state index contributed by atoms with van der Waals surface area (Å²) >= 11 is 0. The van der Waals surface area contributed by atoms with Crippen LogP contribution in [-0.4, -0.2) is 15.9 Å². The molecule has 30 heavy (non-hydrogen) atoms. The molecule has 0 saturated carbocycles. The number of halogens is 1. The third kappa shape index (κ3) is 4.67. The molecule has 5 nitrogen and oxygen atoms in total. The number of aromatic nitrogens is 2. The Balaban J connectivity index is 1.55. The van der Waals surface area contributed by atoms with E-state index in [4.69, 9.17) is 0 Å². The maximum Gasteiger partial charge on any atom is 0.278 e. The number of amides is 1. The first kappa shape index (κ1) is 19.3. The van der Waals surface area contributed by atoms with Gasteiger partial charge in [0.15, 0.2) is 0 Å². The van der Waals surface area contributed by atoms with Crippen molar-refractivity contribution in [3.63, 3.8) is 0 Å². The zero-order chi connectivity index (χ0) is 20.8. The van der Waals surface area contributed by atoms with E-state index in [2.05, 4.69) is 15.3 Å². The number of carbonyl (C=O) groups excluding carboxylic acids is 1. The van der Waals surface area contributed by atoms with Crippen LogP contribution in [0.2, 0.25) is 0 Å². The molecule has 0 unspecified atom stereocenters. The highest BCUT2D eigenvalue weighted by Crippen LogP contribution is 2.20. The van der Waals surface area contributed by atoms with Gasteiger partial charge in [-0.25, -0.2) is 14.4 Å². The monoisotopic (exact) mass is 398 g/mol. The largest absolute Gasteiger partial charge is 0.339 e. The molecule has 6 heteroatoms. The van der Waals surface area contributed by atoms with E-state index in [0.717, 1.165) is 11.3 Å². The highest BCUT2D eigenvalue weighted by Gasteiger charge is 2.19. The van der Waals surface area contributed by atoms with Gasteiger partial charge >= 0.3 is 0 Å². The van der Waals surface area contributed by atoms with Crippen molar-refractivity contribution in [2.45, 2.75) is 6.54 Å². The topological polar surface area (TPSA) is 58.1 Å². The highest BCUT2D eigenvalue weighted by atomic mass is 19.1. The zero-order valence-corrected chi connectivity index (χ0v) is 16.1. The van der Waals surface area contributed by atoms with Crippen LogP contribution >= 0.6 is 0 Å². The van der Waals surface area contributed by atoms with Gasteiger partial charge in [-0.05, 0) is 42.0 Å². The number of nitrogens with one attached hydrogen (secondary N) is 1. The van der Waals surface area contributed by atoms with Crippen molar-refractivity contribution in [2.75, 3.05) is 10.2 Å². The second-order valence-corrected chi connectivity index (χ2v) is 6.63. The van der Waals surface area contributed by atoms with Crippen LogP contribution < -0.4 is 10.2 Å². The lowest BCUT2D eigenvalue weighted by Crippen LogP contribution is -2.31. The number of anilines is 3. The quantitative estimate of drug-likeness (QED) is 0.485. The molecule has 1 N–H and O–H groups in total. The summed E-state index contributed by atoms with van der Waals surface area (Å²) in [7, 11) is 0. The number of rotatable bonds is 6. The molecule has 3 aromatic carbocycles. The van der Waals surface area contributed by atoms with Crippen LogP contribution in [-0.2, 0) is 6.54 Å². The minimum absolute atomic E-state index is 0.236. The summed E-state index contributed by atoms with van der Waals surface area (Å²) in [5, 5.41) is 3.03. The molecular formula is C24H19FN4O. The molecule has 0 aliphatic rings. The maximum absolute atomic E-state index is 13.2. The van der Waals surface area contributed by atoms with Crippen molar-refractivity contribution in [3.05, 3.63) is 114 Å². The predicted molar refractivity (Wildman–Crippen MR) is 115 cm³/mol. The third-order valence-electron chi connectivity index (χ3n) is 4.48. The van der Waals surface area contributed by atoms with Gasteiger partial charge in [0.1, 0.15) is 17.3 Å². The molecule has 4 rings (SSSR count).